The number of rotatable bonds is 3. The van der Waals surface area contributed by atoms with Gasteiger partial charge in [0.05, 0.1) is 0 Å². The van der Waals surface area contributed by atoms with Gasteiger partial charge in [-0.1, -0.05) is 6.07 Å². The number of nitrogens with one attached hydrogen (secondary N) is 2. The molecule has 18 heavy (non-hydrogen) atoms. The second-order valence-electron chi connectivity index (χ2n) is 4.75. The topological polar surface area (TPSA) is 68.5 Å². The quantitative estimate of drug-likeness (QED) is 0.736. The van der Waals surface area contributed by atoms with Gasteiger partial charge < -0.3 is 15.2 Å². The maximum Gasteiger partial charge on any atom is 0.161 e. The predicted octanol–water partition coefficient (Wildman–Crippen LogP) is 0.714. The molecule has 2 aliphatic heterocycles. The fourth-order valence-corrected chi connectivity index (χ4v) is 2.51. The first-order valence-electron chi connectivity index (χ1n) is 6.47. The number of hydrogen-bond acceptors (Lipinski definition) is 5. The summed E-state index contributed by atoms with van der Waals surface area (Å²) in [6.45, 7) is 1.98. The van der Waals surface area contributed by atoms with Crippen LogP contribution in [-0.4, -0.2) is 25.8 Å². The van der Waals surface area contributed by atoms with Gasteiger partial charge in [-0.25, -0.2) is 0 Å². The van der Waals surface area contributed by atoms with Crippen LogP contribution in [-0.2, 0) is 0 Å². The highest BCUT2D eigenvalue weighted by molar-refractivity contribution is 5.44. The third-order valence-corrected chi connectivity index (χ3v) is 3.47. The zero-order valence-electron chi connectivity index (χ0n) is 10.3. The van der Waals surface area contributed by atoms with Crippen LogP contribution >= 0.6 is 0 Å². The van der Waals surface area contributed by atoms with Crippen molar-refractivity contribution in [3.8, 4) is 11.5 Å². The van der Waals surface area contributed by atoms with Crippen LogP contribution in [0.3, 0.4) is 0 Å². The molecule has 98 valence electrons. The number of benzene rings is 1. The summed E-state index contributed by atoms with van der Waals surface area (Å²) in [5.74, 6) is 1.69. The maximum absolute atomic E-state index is 5.60. The molecule has 0 spiro atoms. The minimum Gasteiger partial charge on any atom is -0.486 e. The average molecular weight is 249 g/mol. The lowest BCUT2D eigenvalue weighted by molar-refractivity contribution is 0.171. The first-order valence-corrected chi connectivity index (χ1v) is 6.47. The van der Waals surface area contributed by atoms with Crippen molar-refractivity contribution in [2.75, 3.05) is 19.8 Å². The van der Waals surface area contributed by atoms with Crippen LogP contribution in [0.5, 0.6) is 11.5 Å². The molecule has 0 radical (unpaired) electrons. The summed E-state index contributed by atoms with van der Waals surface area (Å²) in [4.78, 5) is 0. The molecule has 1 fully saturated rings. The van der Waals surface area contributed by atoms with Crippen LogP contribution in [0.4, 0.5) is 0 Å². The highest BCUT2D eigenvalue weighted by Gasteiger charge is 2.25. The standard InChI is InChI=1S/C13H19N3O2/c14-4-3-10-8-11(16-15-10)9-1-2-12-13(7-9)18-6-5-17-12/h1-2,7,10-11,15-16H,3-6,8,14H2. The van der Waals surface area contributed by atoms with E-state index in [2.05, 4.69) is 23.0 Å². The molecule has 3 rings (SSSR count). The molecule has 5 nitrogen and oxygen atoms in total. The number of hydrazine groups is 1. The lowest BCUT2D eigenvalue weighted by Gasteiger charge is -2.20. The van der Waals surface area contributed by atoms with Crippen LogP contribution in [0.1, 0.15) is 24.4 Å². The molecule has 2 atom stereocenters. The van der Waals surface area contributed by atoms with Gasteiger partial charge >= 0.3 is 0 Å². The minimum absolute atomic E-state index is 0.317. The minimum atomic E-state index is 0.317. The monoisotopic (exact) mass is 249 g/mol. The van der Waals surface area contributed by atoms with E-state index in [0.29, 0.717) is 31.8 Å². The van der Waals surface area contributed by atoms with Gasteiger partial charge in [-0.05, 0) is 37.1 Å². The molecule has 1 aromatic rings. The average Bonchev–Trinajstić information content (AvgIpc) is 2.87. The third-order valence-electron chi connectivity index (χ3n) is 3.47. The maximum atomic E-state index is 5.60. The molecule has 0 aliphatic carbocycles. The van der Waals surface area contributed by atoms with Gasteiger partial charge in [0.2, 0.25) is 0 Å². The molecule has 5 heteroatoms. The molecule has 1 aromatic carbocycles. The summed E-state index contributed by atoms with van der Waals surface area (Å²) < 4.78 is 11.1. The number of hydrogen-bond donors (Lipinski definition) is 3. The summed E-state index contributed by atoms with van der Waals surface area (Å²) >= 11 is 0. The lowest BCUT2D eigenvalue weighted by Crippen LogP contribution is -2.32. The Morgan fingerprint density at radius 2 is 2.00 bits per heavy atom. The van der Waals surface area contributed by atoms with E-state index in [1.807, 2.05) is 6.07 Å². The number of fused-ring (bicyclic) bond motifs is 1. The first kappa shape index (κ1) is 11.8. The van der Waals surface area contributed by atoms with Crippen LogP contribution in [0.15, 0.2) is 18.2 Å². The SMILES string of the molecule is NCCC1CC(c2ccc3c(c2)OCCO3)NN1. The van der Waals surface area contributed by atoms with Gasteiger partial charge in [0.1, 0.15) is 13.2 Å². The molecule has 0 aromatic heterocycles. The van der Waals surface area contributed by atoms with Crippen molar-refractivity contribution >= 4 is 0 Å². The third kappa shape index (κ3) is 2.29. The van der Waals surface area contributed by atoms with E-state index >= 15 is 0 Å². The Balaban J connectivity index is 1.73. The van der Waals surface area contributed by atoms with E-state index in [9.17, 15) is 0 Å². The molecule has 1 saturated heterocycles. The summed E-state index contributed by atoms with van der Waals surface area (Å²) in [7, 11) is 0. The van der Waals surface area contributed by atoms with E-state index in [1.54, 1.807) is 0 Å². The van der Waals surface area contributed by atoms with Crippen molar-refractivity contribution in [3.05, 3.63) is 23.8 Å². The Kier molecular flexibility index (Phi) is 3.36. The smallest absolute Gasteiger partial charge is 0.161 e. The van der Waals surface area contributed by atoms with E-state index in [-0.39, 0.29) is 0 Å². The normalized spacial score (nSPS) is 26.3. The Bertz CT molecular complexity index is 425. The van der Waals surface area contributed by atoms with Crippen molar-refractivity contribution in [2.45, 2.75) is 24.9 Å². The highest BCUT2D eigenvalue weighted by Crippen LogP contribution is 2.34. The molecule has 2 aliphatic rings. The number of ether oxygens (including phenoxy) is 2. The Morgan fingerprint density at radius 1 is 1.17 bits per heavy atom. The molecule has 4 N–H and O–H groups in total. The zero-order chi connectivity index (χ0) is 12.4. The Morgan fingerprint density at radius 3 is 2.83 bits per heavy atom. The van der Waals surface area contributed by atoms with E-state index in [4.69, 9.17) is 15.2 Å². The highest BCUT2D eigenvalue weighted by atomic mass is 16.6. The van der Waals surface area contributed by atoms with Gasteiger partial charge in [-0.3, -0.25) is 10.9 Å². The Hall–Kier alpha value is -1.30. The molecule has 2 unspecified atom stereocenters. The predicted molar refractivity (Wildman–Crippen MR) is 68.5 cm³/mol. The van der Waals surface area contributed by atoms with Crippen LogP contribution in [0, 0.1) is 0 Å². The van der Waals surface area contributed by atoms with E-state index < -0.39 is 0 Å². The fraction of sp³-hybridized carbons (Fsp3) is 0.538. The first-order chi connectivity index (χ1) is 8.86. The molecular weight excluding hydrogens is 230 g/mol. The number of nitrogens with two attached hydrogens (primary N) is 1. The summed E-state index contributed by atoms with van der Waals surface area (Å²) in [5, 5.41) is 0. The second kappa shape index (κ2) is 5.14. The van der Waals surface area contributed by atoms with Gasteiger partial charge in [0.25, 0.3) is 0 Å². The largest absolute Gasteiger partial charge is 0.486 e. The van der Waals surface area contributed by atoms with Gasteiger partial charge in [0, 0.05) is 12.1 Å². The summed E-state index contributed by atoms with van der Waals surface area (Å²) in [6.07, 6.45) is 2.05. The van der Waals surface area contributed by atoms with Crippen molar-refractivity contribution in [1.29, 1.82) is 0 Å². The van der Waals surface area contributed by atoms with Crippen LogP contribution in [0.2, 0.25) is 0 Å². The molecular formula is C13H19N3O2. The summed E-state index contributed by atoms with van der Waals surface area (Å²) in [6, 6.07) is 6.92. The molecule has 0 amide bonds. The van der Waals surface area contributed by atoms with E-state index in [1.165, 1.54) is 5.56 Å². The second-order valence-corrected chi connectivity index (χ2v) is 4.75. The molecule has 2 heterocycles. The van der Waals surface area contributed by atoms with Crippen molar-refractivity contribution in [1.82, 2.24) is 10.9 Å². The zero-order valence-corrected chi connectivity index (χ0v) is 10.3. The van der Waals surface area contributed by atoms with Crippen molar-refractivity contribution in [3.63, 3.8) is 0 Å². The van der Waals surface area contributed by atoms with E-state index in [0.717, 1.165) is 24.3 Å². The fourth-order valence-electron chi connectivity index (χ4n) is 2.51. The van der Waals surface area contributed by atoms with Crippen molar-refractivity contribution in [2.24, 2.45) is 5.73 Å². The molecule has 0 bridgehead atoms. The van der Waals surface area contributed by atoms with Gasteiger partial charge in [0.15, 0.2) is 11.5 Å². The van der Waals surface area contributed by atoms with Gasteiger partial charge in [-0.15, -0.1) is 0 Å². The van der Waals surface area contributed by atoms with Crippen molar-refractivity contribution < 1.29 is 9.47 Å². The lowest BCUT2D eigenvalue weighted by atomic mass is 10.00. The molecule has 0 saturated carbocycles. The van der Waals surface area contributed by atoms with Gasteiger partial charge in [-0.2, -0.15) is 0 Å². The summed E-state index contributed by atoms with van der Waals surface area (Å²) in [5.41, 5.74) is 13.4. The Labute approximate surface area is 107 Å². The van der Waals surface area contributed by atoms with Crippen LogP contribution in [0.25, 0.3) is 0 Å². The van der Waals surface area contributed by atoms with Crippen LogP contribution < -0.4 is 26.1 Å².